The van der Waals surface area contributed by atoms with E-state index in [9.17, 15) is 4.79 Å². The molecule has 0 aromatic carbocycles. The fraction of sp³-hybridized carbons (Fsp3) is 0.625. The molecule has 1 aliphatic rings. The first-order valence-corrected chi connectivity index (χ1v) is 4.25. The molecule has 1 fully saturated rings. The first-order valence-electron chi connectivity index (χ1n) is 4.25. The van der Waals surface area contributed by atoms with E-state index in [4.69, 9.17) is 4.74 Å². The Kier molecular flexibility index (Phi) is 2.10. The van der Waals surface area contributed by atoms with Crippen molar-refractivity contribution in [3.05, 3.63) is 12.2 Å². The molecule has 0 bridgehead atoms. The summed E-state index contributed by atoms with van der Waals surface area (Å²) in [6, 6.07) is 0. The maximum absolute atomic E-state index is 11.7. The topological polar surface area (TPSA) is 57.0 Å². The summed E-state index contributed by atoms with van der Waals surface area (Å²) >= 11 is 0. The zero-order valence-corrected chi connectivity index (χ0v) is 7.43. The lowest BCUT2D eigenvalue weighted by atomic mass is 10.0. The largest absolute Gasteiger partial charge is 0.381 e. The summed E-state index contributed by atoms with van der Waals surface area (Å²) < 4.78 is 6.64. The predicted octanol–water partition coefficient (Wildman–Crippen LogP) is 0.0343. The number of carbonyl (C=O) groups excluding carboxylic acids is 1. The van der Waals surface area contributed by atoms with Crippen LogP contribution in [0.25, 0.3) is 0 Å². The summed E-state index contributed by atoms with van der Waals surface area (Å²) in [5.74, 6) is 0.441. The fourth-order valence-electron chi connectivity index (χ4n) is 1.44. The number of aryl methyl sites for hydroxylation is 1. The van der Waals surface area contributed by atoms with Gasteiger partial charge >= 0.3 is 0 Å². The standard InChI is InChI=1S/C8H11N3O2/c1-11-8(9-5-10-11)7(12)6-2-3-13-4-6/h5-6H,2-4H2,1H3. The van der Waals surface area contributed by atoms with Crippen LogP contribution in [0.4, 0.5) is 0 Å². The molecule has 1 aliphatic heterocycles. The van der Waals surface area contributed by atoms with Gasteiger partial charge in [-0.15, -0.1) is 0 Å². The van der Waals surface area contributed by atoms with E-state index in [1.807, 2.05) is 0 Å². The monoisotopic (exact) mass is 181 g/mol. The highest BCUT2D eigenvalue weighted by Gasteiger charge is 2.27. The number of nitrogens with zero attached hydrogens (tertiary/aromatic N) is 3. The Hall–Kier alpha value is -1.23. The minimum absolute atomic E-state index is 0.0251. The first kappa shape index (κ1) is 8.37. The van der Waals surface area contributed by atoms with E-state index in [1.54, 1.807) is 7.05 Å². The Morgan fingerprint density at radius 3 is 3.15 bits per heavy atom. The van der Waals surface area contributed by atoms with Gasteiger partial charge in [0.1, 0.15) is 6.33 Å². The molecule has 5 heteroatoms. The second-order valence-corrected chi connectivity index (χ2v) is 3.13. The van der Waals surface area contributed by atoms with Crippen LogP contribution in [0.3, 0.4) is 0 Å². The van der Waals surface area contributed by atoms with Gasteiger partial charge < -0.3 is 4.74 Å². The van der Waals surface area contributed by atoms with E-state index in [0.29, 0.717) is 19.0 Å². The van der Waals surface area contributed by atoms with Crippen LogP contribution in [0.2, 0.25) is 0 Å². The molecule has 0 N–H and O–H groups in total. The molecule has 1 atom stereocenters. The van der Waals surface area contributed by atoms with Crippen LogP contribution in [0.5, 0.6) is 0 Å². The number of hydrogen-bond donors (Lipinski definition) is 0. The number of Topliss-reactive ketones (excluding diaryl/α,β-unsaturated/α-hetero) is 1. The molecule has 0 aliphatic carbocycles. The van der Waals surface area contributed by atoms with Crippen LogP contribution >= 0.6 is 0 Å². The number of ether oxygens (including phenoxy) is 1. The Bertz CT molecular complexity index is 315. The molecule has 5 nitrogen and oxygen atoms in total. The summed E-state index contributed by atoms with van der Waals surface area (Å²) in [4.78, 5) is 15.6. The summed E-state index contributed by atoms with van der Waals surface area (Å²) in [5, 5.41) is 3.85. The maximum atomic E-state index is 11.7. The van der Waals surface area contributed by atoms with Gasteiger partial charge in [-0.2, -0.15) is 5.10 Å². The molecule has 13 heavy (non-hydrogen) atoms. The van der Waals surface area contributed by atoms with Crippen LogP contribution in [0.15, 0.2) is 6.33 Å². The fourth-order valence-corrected chi connectivity index (χ4v) is 1.44. The van der Waals surface area contributed by atoms with Gasteiger partial charge in [-0.1, -0.05) is 0 Å². The average molecular weight is 181 g/mol. The first-order chi connectivity index (χ1) is 6.29. The van der Waals surface area contributed by atoms with Gasteiger partial charge in [0.2, 0.25) is 5.78 Å². The number of ketones is 1. The van der Waals surface area contributed by atoms with Crippen LogP contribution in [0.1, 0.15) is 17.0 Å². The van der Waals surface area contributed by atoms with Crippen molar-refractivity contribution in [2.75, 3.05) is 13.2 Å². The minimum Gasteiger partial charge on any atom is -0.381 e. The zero-order chi connectivity index (χ0) is 9.26. The van der Waals surface area contributed by atoms with Gasteiger partial charge in [-0.25, -0.2) is 9.67 Å². The Balaban J connectivity index is 2.17. The highest BCUT2D eigenvalue weighted by atomic mass is 16.5. The summed E-state index contributed by atoms with van der Waals surface area (Å²) in [6.45, 7) is 1.19. The maximum Gasteiger partial charge on any atom is 0.205 e. The van der Waals surface area contributed by atoms with Crippen molar-refractivity contribution in [2.45, 2.75) is 6.42 Å². The molecule has 70 valence electrons. The van der Waals surface area contributed by atoms with Gasteiger partial charge in [0.25, 0.3) is 0 Å². The molecule has 0 radical (unpaired) electrons. The number of aromatic nitrogens is 3. The third-order valence-electron chi connectivity index (χ3n) is 2.23. The molecule has 1 aromatic rings. The predicted molar refractivity (Wildman–Crippen MR) is 44.3 cm³/mol. The normalized spacial score (nSPS) is 22.1. The number of carbonyl (C=O) groups is 1. The van der Waals surface area contributed by atoms with Crippen molar-refractivity contribution in [2.24, 2.45) is 13.0 Å². The zero-order valence-electron chi connectivity index (χ0n) is 7.43. The van der Waals surface area contributed by atoms with Gasteiger partial charge in [0.15, 0.2) is 5.82 Å². The Morgan fingerprint density at radius 2 is 2.62 bits per heavy atom. The van der Waals surface area contributed by atoms with Crippen molar-refractivity contribution >= 4 is 5.78 Å². The molecule has 1 aromatic heterocycles. The lowest BCUT2D eigenvalue weighted by Gasteiger charge is -2.04. The highest BCUT2D eigenvalue weighted by molar-refractivity contribution is 5.94. The molecule has 0 spiro atoms. The minimum atomic E-state index is -0.0251. The van der Waals surface area contributed by atoms with Crippen molar-refractivity contribution in [3.63, 3.8) is 0 Å². The Morgan fingerprint density at radius 1 is 1.77 bits per heavy atom. The molecular weight excluding hydrogens is 170 g/mol. The smallest absolute Gasteiger partial charge is 0.205 e. The molecule has 0 saturated carbocycles. The average Bonchev–Trinajstić information content (AvgIpc) is 2.72. The van der Waals surface area contributed by atoms with Crippen LogP contribution in [-0.4, -0.2) is 33.8 Å². The molecule has 1 saturated heterocycles. The lowest BCUT2D eigenvalue weighted by molar-refractivity contribution is 0.0885. The molecule has 2 heterocycles. The van der Waals surface area contributed by atoms with Crippen molar-refractivity contribution in [1.29, 1.82) is 0 Å². The SMILES string of the molecule is Cn1ncnc1C(=O)C1CCOC1. The van der Waals surface area contributed by atoms with E-state index < -0.39 is 0 Å². The van der Waals surface area contributed by atoms with E-state index in [1.165, 1.54) is 11.0 Å². The second-order valence-electron chi connectivity index (χ2n) is 3.13. The van der Waals surface area contributed by atoms with Gasteiger partial charge in [0.05, 0.1) is 12.5 Å². The van der Waals surface area contributed by atoms with Crippen LogP contribution in [0, 0.1) is 5.92 Å². The van der Waals surface area contributed by atoms with E-state index in [-0.39, 0.29) is 11.7 Å². The van der Waals surface area contributed by atoms with Gasteiger partial charge in [0, 0.05) is 13.7 Å². The molecular formula is C8H11N3O2. The Labute approximate surface area is 75.7 Å². The highest BCUT2D eigenvalue weighted by Crippen LogP contribution is 2.16. The third-order valence-corrected chi connectivity index (χ3v) is 2.23. The van der Waals surface area contributed by atoms with Crippen LogP contribution in [-0.2, 0) is 11.8 Å². The van der Waals surface area contributed by atoms with Crippen LogP contribution < -0.4 is 0 Å². The summed E-state index contributed by atoms with van der Waals surface area (Å²) in [5.41, 5.74) is 0. The van der Waals surface area contributed by atoms with Crippen molar-refractivity contribution < 1.29 is 9.53 Å². The van der Waals surface area contributed by atoms with E-state index >= 15 is 0 Å². The molecule has 2 rings (SSSR count). The second kappa shape index (κ2) is 3.26. The molecule has 1 unspecified atom stereocenters. The summed E-state index contributed by atoms with van der Waals surface area (Å²) in [6.07, 6.45) is 2.19. The quantitative estimate of drug-likeness (QED) is 0.604. The lowest BCUT2D eigenvalue weighted by Crippen LogP contribution is -2.19. The number of hydrogen-bond acceptors (Lipinski definition) is 4. The van der Waals surface area contributed by atoms with Gasteiger partial charge in [-0.05, 0) is 6.42 Å². The van der Waals surface area contributed by atoms with Crippen molar-refractivity contribution in [1.82, 2.24) is 14.8 Å². The van der Waals surface area contributed by atoms with Crippen molar-refractivity contribution in [3.8, 4) is 0 Å². The third kappa shape index (κ3) is 1.47. The number of rotatable bonds is 2. The summed E-state index contributed by atoms with van der Waals surface area (Å²) in [7, 11) is 1.72. The van der Waals surface area contributed by atoms with E-state index in [2.05, 4.69) is 10.1 Å². The van der Waals surface area contributed by atoms with E-state index in [0.717, 1.165) is 6.42 Å². The molecule has 0 amide bonds. The van der Waals surface area contributed by atoms with Gasteiger partial charge in [-0.3, -0.25) is 4.79 Å².